The number of carbonyl (C=O) groups excluding carboxylic acids is 1. The summed E-state index contributed by atoms with van der Waals surface area (Å²) >= 11 is 12.0. The van der Waals surface area contributed by atoms with Gasteiger partial charge in [-0.05, 0) is 44.2 Å². The Morgan fingerprint density at radius 1 is 1.15 bits per heavy atom. The van der Waals surface area contributed by atoms with E-state index >= 15 is 0 Å². The molecule has 0 fully saturated rings. The van der Waals surface area contributed by atoms with Crippen LogP contribution in [0.3, 0.4) is 0 Å². The van der Waals surface area contributed by atoms with Crippen LogP contribution in [0.25, 0.3) is 5.69 Å². The molecule has 0 spiro atoms. The Morgan fingerprint density at radius 3 is 2.52 bits per heavy atom. The van der Waals surface area contributed by atoms with Crippen molar-refractivity contribution in [1.82, 2.24) is 9.78 Å². The van der Waals surface area contributed by atoms with E-state index in [2.05, 4.69) is 10.4 Å². The Morgan fingerprint density at radius 2 is 1.85 bits per heavy atom. The Labute approximate surface area is 166 Å². The van der Waals surface area contributed by atoms with Gasteiger partial charge in [-0.3, -0.25) is 14.7 Å². The van der Waals surface area contributed by atoms with Gasteiger partial charge >= 0.3 is 0 Å². The third-order valence-corrected chi connectivity index (χ3v) is 4.49. The number of rotatable bonds is 5. The van der Waals surface area contributed by atoms with Crippen LogP contribution in [-0.2, 0) is 0 Å². The minimum Gasteiger partial charge on any atom is -0.358 e. The largest absolute Gasteiger partial charge is 0.358 e. The molecule has 0 amide bonds. The van der Waals surface area contributed by atoms with Gasteiger partial charge in [0, 0.05) is 22.5 Å². The quantitative estimate of drug-likeness (QED) is 0.467. The van der Waals surface area contributed by atoms with E-state index in [4.69, 9.17) is 23.2 Å². The highest BCUT2D eigenvalue weighted by Crippen LogP contribution is 2.26. The number of benzene rings is 2. The fourth-order valence-electron chi connectivity index (χ4n) is 2.70. The average Bonchev–Trinajstić information content (AvgIpc) is 2.92. The third-order valence-electron chi connectivity index (χ3n) is 3.94. The van der Waals surface area contributed by atoms with Crippen LogP contribution >= 0.6 is 23.2 Å². The van der Waals surface area contributed by atoms with Crippen molar-refractivity contribution in [3.05, 3.63) is 92.0 Å². The van der Waals surface area contributed by atoms with Gasteiger partial charge < -0.3 is 5.32 Å². The highest BCUT2D eigenvalue weighted by atomic mass is 35.5. The van der Waals surface area contributed by atoms with E-state index in [0.717, 1.165) is 0 Å². The Bertz CT molecular complexity index is 1080. The summed E-state index contributed by atoms with van der Waals surface area (Å²) in [6, 6.07) is 14.1. The number of anilines is 1. The molecule has 0 unspecified atom stereocenters. The average molecular weight is 402 g/mol. The van der Waals surface area contributed by atoms with E-state index in [1.54, 1.807) is 44.2 Å². The Kier molecular flexibility index (Phi) is 5.54. The molecule has 1 aromatic heterocycles. The molecule has 27 heavy (non-hydrogen) atoms. The lowest BCUT2D eigenvalue weighted by molar-refractivity contribution is 0.104. The molecule has 0 aliphatic heterocycles. The zero-order valence-corrected chi connectivity index (χ0v) is 16.2. The minimum absolute atomic E-state index is 0.0993. The molecule has 138 valence electrons. The number of aryl methyl sites for hydroxylation is 1. The number of allylic oxidation sites excluding steroid dienone is 2. The van der Waals surface area contributed by atoms with Crippen molar-refractivity contribution in [3.63, 3.8) is 0 Å². The molecule has 7 heteroatoms. The number of nitrogens with one attached hydrogen (secondary N) is 2. The molecule has 2 aromatic carbocycles. The van der Waals surface area contributed by atoms with E-state index in [0.29, 0.717) is 32.8 Å². The first kappa shape index (κ1) is 19.0. The van der Waals surface area contributed by atoms with Gasteiger partial charge in [-0.15, -0.1) is 0 Å². The minimum atomic E-state index is -0.391. The Balaban J connectivity index is 1.89. The zero-order chi connectivity index (χ0) is 19.6. The van der Waals surface area contributed by atoms with Crippen molar-refractivity contribution < 1.29 is 4.79 Å². The van der Waals surface area contributed by atoms with Gasteiger partial charge in [0.25, 0.3) is 5.56 Å². The van der Waals surface area contributed by atoms with E-state index in [-0.39, 0.29) is 5.56 Å². The molecule has 0 saturated carbocycles. The summed E-state index contributed by atoms with van der Waals surface area (Å²) in [5, 5.41) is 6.95. The second kappa shape index (κ2) is 7.86. The molecule has 0 aliphatic rings. The SMILES string of the molecule is C/C(=C/C(=O)c1c(C)[nH]n(-c2ccccc2)c1=O)Nc1ccc(Cl)cc1Cl. The van der Waals surface area contributed by atoms with Crippen molar-refractivity contribution >= 4 is 34.7 Å². The van der Waals surface area contributed by atoms with Crippen LogP contribution in [0.2, 0.25) is 10.0 Å². The summed E-state index contributed by atoms with van der Waals surface area (Å²) in [7, 11) is 0. The van der Waals surface area contributed by atoms with Gasteiger partial charge in [0.1, 0.15) is 5.56 Å². The predicted octanol–water partition coefficient (Wildman–Crippen LogP) is 4.98. The van der Waals surface area contributed by atoms with Crippen molar-refractivity contribution in [1.29, 1.82) is 0 Å². The molecule has 0 atom stereocenters. The molecule has 0 radical (unpaired) electrons. The second-order valence-corrected chi connectivity index (χ2v) is 6.87. The van der Waals surface area contributed by atoms with Gasteiger partial charge in [-0.1, -0.05) is 41.4 Å². The van der Waals surface area contributed by atoms with E-state index in [1.807, 2.05) is 18.2 Å². The van der Waals surface area contributed by atoms with Crippen LogP contribution in [0.5, 0.6) is 0 Å². The zero-order valence-electron chi connectivity index (χ0n) is 14.7. The summed E-state index contributed by atoms with van der Waals surface area (Å²) in [5.41, 5.74) is 2.05. The van der Waals surface area contributed by atoms with Crippen molar-refractivity contribution in [2.75, 3.05) is 5.32 Å². The monoisotopic (exact) mass is 401 g/mol. The van der Waals surface area contributed by atoms with Crippen molar-refractivity contribution in [3.8, 4) is 5.69 Å². The molecule has 5 nitrogen and oxygen atoms in total. The molecule has 0 aliphatic carbocycles. The third kappa shape index (κ3) is 4.15. The fourth-order valence-corrected chi connectivity index (χ4v) is 3.16. The lowest BCUT2D eigenvalue weighted by Crippen LogP contribution is -2.20. The molecule has 1 heterocycles. The van der Waals surface area contributed by atoms with Gasteiger partial charge in [0.05, 0.1) is 16.4 Å². The van der Waals surface area contributed by atoms with Crippen LogP contribution in [-0.4, -0.2) is 15.6 Å². The van der Waals surface area contributed by atoms with Gasteiger partial charge in [-0.25, -0.2) is 4.68 Å². The lowest BCUT2D eigenvalue weighted by Gasteiger charge is -2.08. The number of ketones is 1. The van der Waals surface area contributed by atoms with Gasteiger partial charge in [0.2, 0.25) is 0 Å². The first-order chi connectivity index (χ1) is 12.9. The lowest BCUT2D eigenvalue weighted by atomic mass is 10.1. The van der Waals surface area contributed by atoms with Crippen LogP contribution in [0.15, 0.2) is 65.1 Å². The fraction of sp³-hybridized carbons (Fsp3) is 0.100. The molecular weight excluding hydrogens is 385 g/mol. The topological polar surface area (TPSA) is 66.9 Å². The number of nitrogens with zero attached hydrogens (tertiary/aromatic N) is 1. The molecule has 0 saturated heterocycles. The van der Waals surface area contributed by atoms with Gasteiger partial charge in [-0.2, -0.15) is 0 Å². The van der Waals surface area contributed by atoms with Crippen LogP contribution in [0, 0.1) is 6.92 Å². The highest BCUT2D eigenvalue weighted by Gasteiger charge is 2.18. The van der Waals surface area contributed by atoms with Crippen molar-refractivity contribution in [2.45, 2.75) is 13.8 Å². The van der Waals surface area contributed by atoms with E-state index in [1.165, 1.54) is 10.8 Å². The molecular formula is C20H17Cl2N3O2. The molecule has 0 bridgehead atoms. The number of aromatic amines is 1. The number of para-hydroxylation sites is 1. The van der Waals surface area contributed by atoms with Crippen LogP contribution in [0.1, 0.15) is 23.0 Å². The smallest absolute Gasteiger partial charge is 0.282 e. The summed E-state index contributed by atoms with van der Waals surface area (Å²) in [5.74, 6) is -0.390. The standard InChI is InChI=1S/C20H17Cl2N3O2/c1-12(23-17-9-8-14(21)11-16(17)22)10-18(26)19-13(2)24-25(20(19)27)15-6-4-3-5-7-15/h3-11,23-24H,1-2H3/b12-10-. The summed E-state index contributed by atoms with van der Waals surface area (Å²) in [6.07, 6.45) is 1.37. The molecule has 3 rings (SSSR count). The summed E-state index contributed by atoms with van der Waals surface area (Å²) in [4.78, 5) is 25.4. The predicted molar refractivity (Wildman–Crippen MR) is 109 cm³/mol. The number of H-pyrrole nitrogens is 1. The van der Waals surface area contributed by atoms with Crippen LogP contribution < -0.4 is 10.9 Å². The number of hydrogen-bond donors (Lipinski definition) is 2. The Hall–Kier alpha value is -2.76. The molecule has 2 N–H and O–H groups in total. The first-order valence-electron chi connectivity index (χ1n) is 8.18. The summed E-state index contributed by atoms with van der Waals surface area (Å²) in [6.45, 7) is 3.42. The number of carbonyl (C=O) groups is 1. The highest BCUT2D eigenvalue weighted by molar-refractivity contribution is 6.36. The maximum Gasteiger partial charge on any atom is 0.282 e. The van der Waals surface area contributed by atoms with Crippen molar-refractivity contribution in [2.24, 2.45) is 0 Å². The number of aromatic nitrogens is 2. The normalized spacial score (nSPS) is 11.5. The molecule has 3 aromatic rings. The van der Waals surface area contributed by atoms with Gasteiger partial charge in [0.15, 0.2) is 5.78 Å². The first-order valence-corrected chi connectivity index (χ1v) is 8.94. The number of halogens is 2. The second-order valence-electron chi connectivity index (χ2n) is 6.03. The summed E-state index contributed by atoms with van der Waals surface area (Å²) < 4.78 is 1.36. The van der Waals surface area contributed by atoms with E-state index < -0.39 is 11.3 Å². The number of hydrogen-bond acceptors (Lipinski definition) is 3. The van der Waals surface area contributed by atoms with E-state index in [9.17, 15) is 9.59 Å². The maximum absolute atomic E-state index is 12.7. The van der Waals surface area contributed by atoms with Crippen LogP contribution in [0.4, 0.5) is 5.69 Å². The maximum atomic E-state index is 12.7.